The molecule has 1 aliphatic heterocycles. The Kier molecular flexibility index (Phi) is 33.0. The van der Waals surface area contributed by atoms with Crippen LogP contribution in [0.5, 0.6) is 0 Å². The van der Waals surface area contributed by atoms with E-state index in [2.05, 4.69) is 27.8 Å². The topological polar surface area (TPSA) is 285 Å². The molecule has 1 fully saturated rings. The lowest BCUT2D eigenvalue weighted by Crippen LogP contribution is -2.64. The molecule has 1 saturated heterocycles. The van der Waals surface area contributed by atoms with Crippen molar-refractivity contribution in [2.75, 3.05) is 55.9 Å². The summed E-state index contributed by atoms with van der Waals surface area (Å²) in [5, 5.41) is 11.0. The van der Waals surface area contributed by atoms with Gasteiger partial charge < -0.3 is 60.3 Å². The first kappa shape index (κ1) is 80.1. The van der Waals surface area contributed by atoms with Gasteiger partial charge in [-0.25, -0.2) is 0 Å². The molecule has 24 nitrogen and oxygen atoms in total. The molecule has 89 heavy (non-hydrogen) atoms. The molecule has 0 aromatic rings. The fourth-order valence-corrected chi connectivity index (χ4v) is 11.1. The van der Waals surface area contributed by atoms with Gasteiger partial charge in [0.15, 0.2) is 0 Å². The summed E-state index contributed by atoms with van der Waals surface area (Å²) in [7, 11) is 9.85. The Bertz CT molecular complexity index is 2500. The predicted molar refractivity (Wildman–Crippen MR) is 343 cm³/mol. The van der Waals surface area contributed by atoms with Crippen LogP contribution in [-0.4, -0.2) is 228 Å². The number of ether oxygens (including phenoxy) is 1. The molecule has 12 atom stereocenters. The number of carbonyl (C=O) groups is 12. The van der Waals surface area contributed by atoms with E-state index in [1.807, 2.05) is 55.4 Å². The fourth-order valence-electron chi connectivity index (χ4n) is 11.1. The fraction of sp³-hybridized carbons (Fsp3) is 0.754. The number of carbonyl (C=O) groups excluding carboxylic acids is 12. The molecule has 0 aromatic heterocycles. The molecule has 0 radical (unpaired) electrons. The minimum Gasteiger partial charge on any atom is -0.459 e. The minimum atomic E-state index is -1.63. The monoisotopic (exact) mass is 1260 g/mol. The Morgan fingerprint density at radius 1 is 0.506 bits per heavy atom. The zero-order chi connectivity index (χ0) is 69.0. The highest BCUT2D eigenvalue weighted by atomic mass is 16.5. The lowest BCUT2D eigenvalue weighted by Gasteiger charge is -2.42. The molecule has 0 bridgehead atoms. The molecule has 0 aliphatic carbocycles. The summed E-state index contributed by atoms with van der Waals surface area (Å²) in [6.45, 7) is 32.3. The Morgan fingerprint density at radius 3 is 1.38 bits per heavy atom. The number of esters is 1. The van der Waals surface area contributed by atoms with Gasteiger partial charge in [0.25, 0.3) is 0 Å². The van der Waals surface area contributed by atoms with Crippen LogP contribution in [0.2, 0.25) is 0 Å². The SMILES string of the molecule is C=C/C=C/C[C@@H](C)[C@@H](OC(C)=O)C1C(=O)N[C@@H](CC)C(=O)N(C)CC(=O)N(C)[C@@H](CC(C)C)C(=O)N[C@@H](C(C)C)C(=O)N(C)[C@@H](CC(C)C)C(=O)N[C@@H](C)C(=O)N[C@H](C)C(=O)N(C)[C@@H](CC(C)C)C(=O)N(C)[C@@H](CC(C)C)C(=O)N(C)[C@@H](C(C)C)C(=O)N1C. The third-order valence-corrected chi connectivity index (χ3v) is 16.4. The molecule has 506 valence electrons. The number of likely N-dealkylation sites (N-methyl/N-ethyl adjacent to an activating group) is 7. The summed E-state index contributed by atoms with van der Waals surface area (Å²) in [5.74, 6) is -10.8. The third-order valence-electron chi connectivity index (χ3n) is 16.4. The molecular weight excluding hydrogens is 1140 g/mol. The van der Waals surface area contributed by atoms with Gasteiger partial charge in [0.05, 0.1) is 6.54 Å². The van der Waals surface area contributed by atoms with Crippen molar-refractivity contribution >= 4 is 70.9 Å². The number of hydrogen-bond donors (Lipinski definition) is 4. The van der Waals surface area contributed by atoms with Crippen LogP contribution >= 0.6 is 0 Å². The number of nitrogens with one attached hydrogen (secondary N) is 4. The lowest BCUT2D eigenvalue weighted by atomic mass is 9.91. The normalized spacial score (nSPS) is 26.1. The van der Waals surface area contributed by atoms with E-state index in [0.29, 0.717) is 0 Å². The van der Waals surface area contributed by atoms with Crippen LogP contribution in [-0.2, 0) is 62.3 Å². The van der Waals surface area contributed by atoms with Gasteiger partial charge in [-0.1, -0.05) is 122 Å². The Hall–Kier alpha value is -6.88. The molecule has 0 saturated carbocycles. The highest BCUT2D eigenvalue weighted by Crippen LogP contribution is 2.27. The Balaban J connectivity index is 4.45. The Morgan fingerprint density at radius 2 is 0.933 bits per heavy atom. The number of allylic oxidation sites excluding steroid dienone is 3. The Labute approximate surface area is 531 Å². The number of hydrogen-bond acceptors (Lipinski definition) is 13. The van der Waals surface area contributed by atoms with Gasteiger partial charge in [-0.3, -0.25) is 57.5 Å². The van der Waals surface area contributed by atoms with Crippen LogP contribution in [0, 0.1) is 41.4 Å². The van der Waals surface area contributed by atoms with Crippen LogP contribution in [0.25, 0.3) is 0 Å². The molecule has 1 heterocycles. The molecule has 0 spiro atoms. The summed E-state index contributed by atoms with van der Waals surface area (Å²) in [6.07, 6.45) is 4.40. The van der Waals surface area contributed by atoms with Gasteiger partial charge in [-0.05, 0) is 93.8 Å². The maximum Gasteiger partial charge on any atom is 0.303 e. The van der Waals surface area contributed by atoms with Gasteiger partial charge in [0, 0.05) is 56.3 Å². The van der Waals surface area contributed by atoms with E-state index in [9.17, 15) is 38.4 Å². The molecule has 0 aromatic carbocycles. The van der Waals surface area contributed by atoms with Crippen LogP contribution in [0.3, 0.4) is 0 Å². The zero-order valence-corrected chi connectivity index (χ0v) is 58.2. The van der Waals surface area contributed by atoms with E-state index < -0.39 is 162 Å². The molecule has 4 N–H and O–H groups in total. The van der Waals surface area contributed by atoms with Crippen molar-refractivity contribution in [1.29, 1.82) is 0 Å². The second kappa shape index (κ2) is 36.7. The summed E-state index contributed by atoms with van der Waals surface area (Å²) in [5.41, 5.74) is 0. The van der Waals surface area contributed by atoms with Crippen molar-refractivity contribution in [3.8, 4) is 0 Å². The van der Waals surface area contributed by atoms with Crippen molar-refractivity contribution in [2.24, 2.45) is 41.4 Å². The van der Waals surface area contributed by atoms with Crippen molar-refractivity contribution in [3.63, 3.8) is 0 Å². The first-order valence-electron chi connectivity index (χ1n) is 31.6. The number of amides is 11. The maximum atomic E-state index is 15.4. The van der Waals surface area contributed by atoms with Gasteiger partial charge in [-0.15, -0.1) is 0 Å². The predicted octanol–water partition coefficient (Wildman–Crippen LogP) is 4.01. The number of nitrogens with zero attached hydrogens (tertiary/aromatic N) is 7. The highest BCUT2D eigenvalue weighted by molar-refractivity contribution is 5.99. The third kappa shape index (κ3) is 23.1. The quantitative estimate of drug-likeness (QED) is 0.119. The van der Waals surface area contributed by atoms with Crippen molar-refractivity contribution in [2.45, 2.75) is 223 Å². The lowest BCUT2D eigenvalue weighted by molar-refractivity contribution is -0.164. The summed E-state index contributed by atoms with van der Waals surface area (Å²) in [6, 6.07) is -12.6. The number of rotatable bonds is 17. The van der Waals surface area contributed by atoms with Crippen LogP contribution in [0.4, 0.5) is 0 Å². The smallest absolute Gasteiger partial charge is 0.303 e. The average Bonchev–Trinajstić information content (AvgIpc) is 0.961. The molecule has 1 rings (SSSR count). The van der Waals surface area contributed by atoms with Gasteiger partial charge >= 0.3 is 5.97 Å². The second-order valence-electron chi connectivity index (χ2n) is 26.8. The second-order valence-corrected chi connectivity index (χ2v) is 26.8. The van der Waals surface area contributed by atoms with Crippen molar-refractivity contribution < 1.29 is 62.3 Å². The van der Waals surface area contributed by atoms with Gasteiger partial charge in [-0.2, -0.15) is 0 Å². The molecule has 1 aliphatic rings. The highest BCUT2D eigenvalue weighted by Gasteiger charge is 2.47. The first-order valence-corrected chi connectivity index (χ1v) is 31.6. The van der Waals surface area contributed by atoms with Crippen LogP contribution in [0.1, 0.15) is 156 Å². The summed E-state index contributed by atoms with van der Waals surface area (Å²) >= 11 is 0. The maximum absolute atomic E-state index is 15.4. The first-order chi connectivity index (χ1) is 41.1. The standard InChI is InChI=1S/C65H113N11O13/c1-26-28-29-30-42(15)55(89-45(18)77)54-59(82)68-46(27-2)61(84)70(19)35-51(78)71(20)47(31-36(3)4)58(81)69-52(40(11)12)64(87)72(21)48(32-37(5)6)57(80)66-43(16)56(79)67-44(17)60(83)73(22)49(33-38(7)8)62(85)74(23)50(34-39(9)10)63(86)75(24)53(41(13)14)65(88)76(54)25/h26,28-29,36-44,46-50,52-55H,1,27,30-35H2,2-25H3,(H,66,80)(H,67,79)(H,68,82)(H,69,81)/b29-28+/t42-,43+,44-,46+,47+,48+,49+,50+,52+,53+,54?,55-/m1/s1. The van der Waals surface area contributed by atoms with Gasteiger partial charge in [0.1, 0.15) is 66.5 Å². The van der Waals surface area contributed by atoms with E-state index >= 15 is 19.2 Å². The van der Waals surface area contributed by atoms with E-state index in [4.69, 9.17) is 4.74 Å². The van der Waals surface area contributed by atoms with Crippen LogP contribution in [0.15, 0.2) is 24.8 Å². The molecular formula is C65H113N11O13. The van der Waals surface area contributed by atoms with E-state index in [0.717, 1.165) is 16.7 Å². The van der Waals surface area contributed by atoms with Crippen LogP contribution < -0.4 is 21.3 Å². The summed E-state index contributed by atoms with van der Waals surface area (Å²) in [4.78, 5) is 183. The summed E-state index contributed by atoms with van der Waals surface area (Å²) < 4.78 is 5.94. The molecule has 1 unspecified atom stereocenters. The van der Waals surface area contributed by atoms with Crippen molar-refractivity contribution in [3.05, 3.63) is 24.8 Å². The minimum absolute atomic E-state index is 0.0132. The van der Waals surface area contributed by atoms with E-state index in [1.165, 1.54) is 87.7 Å². The molecule has 24 heteroatoms. The average molecular weight is 1260 g/mol. The van der Waals surface area contributed by atoms with E-state index in [1.54, 1.807) is 59.8 Å². The largest absolute Gasteiger partial charge is 0.459 e. The van der Waals surface area contributed by atoms with Crippen molar-refractivity contribution in [1.82, 2.24) is 55.6 Å². The zero-order valence-electron chi connectivity index (χ0n) is 58.2. The van der Waals surface area contributed by atoms with E-state index in [-0.39, 0.29) is 62.2 Å². The van der Waals surface area contributed by atoms with Gasteiger partial charge in [0.2, 0.25) is 65.0 Å². The molecule has 11 amide bonds.